The van der Waals surface area contributed by atoms with Crippen LogP contribution in [0.25, 0.3) is 0 Å². The van der Waals surface area contributed by atoms with Crippen LogP contribution in [0.3, 0.4) is 0 Å². The van der Waals surface area contributed by atoms with Gasteiger partial charge in [-0.05, 0) is 18.4 Å². The molecule has 0 aliphatic carbocycles. The minimum absolute atomic E-state index is 0.0209. The van der Waals surface area contributed by atoms with E-state index in [1.54, 1.807) is 30.3 Å². The highest BCUT2D eigenvalue weighted by Crippen LogP contribution is 2.07. The number of primary amides is 1. The minimum atomic E-state index is -1.29. The van der Waals surface area contributed by atoms with E-state index >= 15 is 0 Å². The van der Waals surface area contributed by atoms with Gasteiger partial charge < -0.3 is 49.0 Å². The molecular weight excluding hydrogens is 536 g/mol. The van der Waals surface area contributed by atoms with Crippen molar-refractivity contribution in [2.45, 2.75) is 56.3 Å². The molecule has 4 unspecified atom stereocenters. The predicted molar refractivity (Wildman–Crippen MR) is 148 cm³/mol. The van der Waals surface area contributed by atoms with Gasteiger partial charge in [0.15, 0.2) is 5.96 Å². The number of hydrogen-bond donors (Lipinski definition) is 9. The third-order valence-electron chi connectivity index (χ3n) is 5.85. The molecule has 41 heavy (non-hydrogen) atoms. The molecule has 1 aromatic carbocycles. The number of H-pyrrole nitrogens is 1. The summed E-state index contributed by atoms with van der Waals surface area (Å²) in [5.41, 5.74) is 22.6. The molecule has 2 aromatic rings. The predicted octanol–water partition coefficient (Wildman–Crippen LogP) is -3.01. The first-order valence-electron chi connectivity index (χ1n) is 12.7. The Morgan fingerprint density at radius 1 is 0.902 bits per heavy atom. The summed E-state index contributed by atoms with van der Waals surface area (Å²) in [7, 11) is 0. The van der Waals surface area contributed by atoms with Gasteiger partial charge in [-0.2, -0.15) is 0 Å². The van der Waals surface area contributed by atoms with E-state index in [2.05, 4.69) is 30.9 Å². The minimum Gasteiger partial charge on any atom is -0.480 e. The van der Waals surface area contributed by atoms with Gasteiger partial charge in [-0.15, -0.1) is 0 Å². The number of carboxylic acids is 1. The number of nitrogens with zero attached hydrogens (tertiary/aromatic N) is 2. The van der Waals surface area contributed by atoms with Crippen LogP contribution in [0, 0.1) is 0 Å². The topological polar surface area (TPSA) is 287 Å². The number of carboxylic acid groups (broad SMARTS) is 1. The molecule has 0 saturated heterocycles. The van der Waals surface area contributed by atoms with Crippen molar-refractivity contribution in [3.63, 3.8) is 0 Å². The number of imidazole rings is 1. The maximum absolute atomic E-state index is 13.4. The first kappa shape index (κ1) is 32.2. The monoisotopic (exact) mass is 572 g/mol. The van der Waals surface area contributed by atoms with Crippen LogP contribution in [0.2, 0.25) is 0 Å². The Bertz CT molecular complexity index is 1200. The van der Waals surface area contributed by atoms with Crippen molar-refractivity contribution in [2.24, 2.45) is 27.9 Å². The fourth-order valence-electron chi connectivity index (χ4n) is 3.78. The molecule has 4 amide bonds. The summed E-state index contributed by atoms with van der Waals surface area (Å²) in [4.78, 5) is 72.9. The zero-order chi connectivity index (χ0) is 30.4. The van der Waals surface area contributed by atoms with E-state index in [-0.39, 0.29) is 38.2 Å². The number of carbonyl (C=O) groups is 5. The van der Waals surface area contributed by atoms with Gasteiger partial charge >= 0.3 is 5.97 Å². The fourth-order valence-corrected chi connectivity index (χ4v) is 3.78. The van der Waals surface area contributed by atoms with Crippen LogP contribution in [0.1, 0.15) is 30.5 Å². The quantitative estimate of drug-likeness (QED) is 0.0525. The first-order chi connectivity index (χ1) is 19.5. The molecule has 16 heteroatoms. The second-order valence-corrected chi connectivity index (χ2v) is 9.22. The lowest BCUT2D eigenvalue weighted by Gasteiger charge is -2.25. The van der Waals surface area contributed by atoms with Crippen molar-refractivity contribution in [3.05, 3.63) is 54.1 Å². The van der Waals surface area contributed by atoms with Crippen LogP contribution >= 0.6 is 0 Å². The highest BCUT2D eigenvalue weighted by Gasteiger charge is 2.31. The van der Waals surface area contributed by atoms with Crippen LogP contribution in [-0.2, 0) is 36.8 Å². The Hall–Kier alpha value is -4.99. The Kier molecular flexibility index (Phi) is 12.7. The second-order valence-electron chi connectivity index (χ2n) is 9.22. The molecule has 0 aliphatic heterocycles. The smallest absolute Gasteiger partial charge is 0.326 e. The lowest BCUT2D eigenvalue weighted by atomic mass is 10.0. The molecule has 16 nitrogen and oxygen atoms in total. The number of guanidine groups is 1. The largest absolute Gasteiger partial charge is 0.480 e. The van der Waals surface area contributed by atoms with Crippen LogP contribution in [0.15, 0.2) is 47.8 Å². The van der Waals surface area contributed by atoms with E-state index < -0.39 is 60.2 Å². The highest BCUT2D eigenvalue weighted by molar-refractivity contribution is 5.95. The van der Waals surface area contributed by atoms with Crippen LogP contribution < -0.4 is 38.9 Å². The fraction of sp³-hybridized carbons (Fsp3) is 0.400. The number of nitrogens with one attached hydrogen (secondary N) is 4. The van der Waals surface area contributed by atoms with Crippen molar-refractivity contribution in [3.8, 4) is 0 Å². The molecule has 1 heterocycles. The van der Waals surface area contributed by atoms with Gasteiger partial charge in [-0.25, -0.2) is 9.78 Å². The third kappa shape index (κ3) is 11.7. The van der Waals surface area contributed by atoms with E-state index in [0.717, 1.165) is 0 Å². The average molecular weight is 573 g/mol. The normalized spacial score (nSPS) is 13.6. The van der Waals surface area contributed by atoms with E-state index in [1.807, 2.05) is 0 Å². The molecule has 0 bridgehead atoms. The number of aromatic nitrogens is 2. The number of aromatic amines is 1. The van der Waals surface area contributed by atoms with Crippen molar-refractivity contribution < 1.29 is 29.1 Å². The average Bonchev–Trinajstić information content (AvgIpc) is 3.42. The van der Waals surface area contributed by atoms with Crippen molar-refractivity contribution in [1.29, 1.82) is 0 Å². The van der Waals surface area contributed by atoms with Crippen molar-refractivity contribution in [1.82, 2.24) is 25.9 Å². The van der Waals surface area contributed by atoms with Gasteiger partial charge in [0.2, 0.25) is 23.6 Å². The van der Waals surface area contributed by atoms with Crippen LogP contribution in [0.5, 0.6) is 0 Å². The molecular formula is C25H36N10O6. The zero-order valence-electron chi connectivity index (χ0n) is 22.3. The lowest BCUT2D eigenvalue weighted by molar-refractivity contribution is -0.142. The van der Waals surface area contributed by atoms with Crippen molar-refractivity contribution >= 4 is 35.6 Å². The summed E-state index contributed by atoms with van der Waals surface area (Å²) in [6, 6.07) is 3.72. The maximum atomic E-state index is 13.4. The summed E-state index contributed by atoms with van der Waals surface area (Å²) in [6.45, 7) is 0.162. The van der Waals surface area contributed by atoms with Gasteiger partial charge in [0.1, 0.15) is 18.1 Å². The Morgan fingerprint density at radius 2 is 1.51 bits per heavy atom. The van der Waals surface area contributed by atoms with Gasteiger partial charge in [0.05, 0.1) is 18.8 Å². The summed E-state index contributed by atoms with van der Waals surface area (Å²) in [5, 5.41) is 17.2. The molecule has 0 saturated carbocycles. The lowest BCUT2D eigenvalue weighted by Crippen LogP contribution is -2.58. The number of rotatable bonds is 17. The number of nitrogens with two attached hydrogens (primary N) is 4. The van der Waals surface area contributed by atoms with Gasteiger partial charge in [0, 0.05) is 31.3 Å². The zero-order valence-corrected chi connectivity index (χ0v) is 22.3. The number of amides is 4. The van der Waals surface area contributed by atoms with Gasteiger partial charge in [-0.3, -0.25) is 24.2 Å². The second kappa shape index (κ2) is 16.2. The molecule has 222 valence electrons. The number of benzene rings is 1. The Balaban J connectivity index is 2.23. The van der Waals surface area contributed by atoms with Crippen molar-refractivity contribution in [2.75, 3.05) is 6.54 Å². The molecule has 2 rings (SSSR count). The SMILES string of the molecule is NC(=O)CC(N)C(=O)NC(Cc1ccccc1)C(=O)NC(Cc1cnc[nH]1)C(=O)NC(CCCN=C(N)N)C(=O)O. The molecule has 13 N–H and O–H groups in total. The molecule has 4 atom stereocenters. The van der Waals surface area contributed by atoms with Crippen LogP contribution in [-0.4, -0.2) is 81.3 Å². The molecule has 0 fully saturated rings. The molecule has 0 radical (unpaired) electrons. The summed E-state index contributed by atoms with van der Waals surface area (Å²) < 4.78 is 0. The van der Waals surface area contributed by atoms with Gasteiger partial charge in [-0.1, -0.05) is 30.3 Å². The molecule has 1 aromatic heterocycles. The van der Waals surface area contributed by atoms with E-state index in [1.165, 1.54) is 12.5 Å². The third-order valence-corrected chi connectivity index (χ3v) is 5.85. The van der Waals surface area contributed by atoms with Gasteiger partial charge in [0.25, 0.3) is 0 Å². The summed E-state index contributed by atoms with van der Waals surface area (Å²) >= 11 is 0. The number of hydrogen-bond acceptors (Lipinski definition) is 8. The maximum Gasteiger partial charge on any atom is 0.326 e. The Morgan fingerprint density at radius 3 is 2.07 bits per heavy atom. The summed E-state index contributed by atoms with van der Waals surface area (Å²) in [6.07, 6.45) is 2.65. The first-order valence-corrected chi connectivity index (χ1v) is 12.7. The van der Waals surface area contributed by atoms with E-state index in [9.17, 15) is 29.1 Å². The number of aliphatic imine (C=N–C) groups is 1. The Labute approximate surface area is 235 Å². The van der Waals surface area contributed by atoms with E-state index in [0.29, 0.717) is 11.3 Å². The number of aliphatic carboxylic acids is 1. The van der Waals surface area contributed by atoms with Crippen LogP contribution in [0.4, 0.5) is 0 Å². The standard InChI is InChI=1S/C25H36N10O6/c26-16(11-20(27)36)21(37)34-18(9-14-5-2-1-3-6-14)22(38)35-19(10-15-12-30-13-32-15)23(39)33-17(24(40)41)7-4-8-31-25(28)29/h1-3,5-6,12-13,16-19H,4,7-11,26H2,(H2,27,36)(H,30,32)(H,33,39)(H,34,37)(H,35,38)(H,40,41)(H4,28,29,31). The number of carbonyl (C=O) groups excluding carboxylic acids is 4. The molecule has 0 aliphatic rings. The molecule has 0 spiro atoms. The summed E-state index contributed by atoms with van der Waals surface area (Å²) in [5.74, 6) is -4.53. The highest BCUT2D eigenvalue weighted by atomic mass is 16.4. The van der Waals surface area contributed by atoms with E-state index in [4.69, 9.17) is 22.9 Å².